The molecule has 0 aliphatic carbocycles. The molecule has 0 fully saturated rings. The first-order valence-electron chi connectivity index (χ1n) is 7.11. The Labute approximate surface area is 121 Å². The lowest BCUT2D eigenvalue weighted by Crippen LogP contribution is -2.34. The molecule has 0 aromatic heterocycles. The molecule has 0 aliphatic heterocycles. The lowest BCUT2D eigenvalue weighted by atomic mass is 9.93. The summed E-state index contributed by atoms with van der Waals surface area (Å²) in [5.74, 6) is 0. The highest BCUT2D eigenvalue weighted by Gasteiger charge is 2.18. The maximum absolute atomic E-state index is 9.34. The molecule has 0 aliphatic rings. The first kappa shape index (κ1) is 14.8. The Balaban J connectivity index is 2.43. The summed E-state index contributed by atoms with van der Waals surface area (Å²) in [4.78, 5) is 0. The number of aliphatic hydroxyl groups is 1. The van der Waals surface area contributed by atoms with Crippen molar-refractivity contribution in [3.8, 4) is 0 Å². The fourth-order valence-corrected chi connectivity index (χ4v) is 2.42. The molecule has 0 radical (unpaired) electrons. The molecular formula is C18H23NO. The smallest absolute Gasteiger partial charge is 0.0582 e. The van der Waals surface area contributed by atoms with Crippen molar-refractivity contribution in [2.24, 2.45) is 0 Å². The van der Waals surface area contributed by atoms with Crippen LogP contribution in [0.4, 0.5) is 0 Å². The van der Waals surface area contributed by atoms with E-state index in [-0.39, 0.29) is 18.7 Å². The molecule has 0 saturated heterocycles. The fourth-order valence-electron chi connectivity index (χ4n) is 2.42. The van der Waals surface area contributed by atoms with Crippen LogP contribution in [0.15, 0.2) is 48.5 Å². The summed E-state index contributed by atoms with van der Waals surface area (Å²) < 4.78 is 0. The van der Waals surface area contributed by atoms with Gasteiger partial charge < -0.3 is 10.4 Å². The van der Waals surface area contributed by atoms with E-state index in [1.54, 1.807) is 0 Å². The summed E-state index contributed by atoms with van der Waals surface area (Å²) in [5, 5.41) is 12.9. The van der Waals surface area contributed by atoms with Crippen LogP contribution < -0.4 is 5.32 Å². The van der Waals surface area contributed by atoms with Crippen LogP contribution in [0.1, 0.15) is 35.2 Å². The SMILES string of the molecule is Cc1ccc(C)c(C(NC(C)CO)c2ccccc2)c1. The quantitative estimate of drug-likeness (QED) is 0.872. The van der Waals surface area contributed by atoms with Crippen molar-refractivity contribution in [3.05, 3.63) is 70.8 Å². The number of nitrogens with one attached hydrogen (secondary N) is 1. The van der Waals surface area contributed by atoms with E-state index in [0.717, 1.165) is 0 Å². The van der Waals surface area contributed by atoms with Gasteiger partial charge in [-0.1, -0.05) is 54.1 Å². The monoisotopic (exact) mass is 269 g/mol. The second-order valence-electron chi connectivity index (χ2n) is 5.45. The summed E-state index contributed by atoms with van der Waals surface area (Å²) in [6.07, 6.45) is 0. The number of aliphatic hydroxyl groups excluding tert-OH is 1. The van der Waals surface area contributed by atoms with Gasteiger partial charge in [-0.25, -0.2) is 0 Å². The largest absolute Gasteiger partial charge is 0.395 e. The predicted octanol–water partition coefficient (Wildman–Crippen LogP) is 3.36. The van der Waals surface area contributed by atoms with Crippen LogP contribution in [0.3, 0.4) is 0 Å². The zero-order chi connectivity index (χ0) is 14.5. The summed E-state index contributed by atoms with van der Waals surface area (Å²) in [6, 6.07) is 17.1. The fraction of sp³-hybridized carbons (Fsp3) is 0.333. The van der Waals surface area contributed by atoms with Crippen LogP contribution in [0, 0.1) is 13.8 Å². The van der Waals surface area contributed by atoms with Gasteiger partial charge >= 0.3 is 0 Å². The van der Waals surface area contributed by atoms with E-state index in [2.05, 4.69) is 61.6 Å². The van der Waals surface area contributed by atoms with Crippen LogP contribution in [-0.2, 0) is 0 Å². The second kappa shape index (κ2) is 6.69. The first-order valence-corrected chi connectivity index (χ1v) is 7.11. The van der Waals surface area contributed by atoms with Gasteiger partial charge in [0.1, 0.15) is 0 Å². The first-order chi connectivity index (χ1) is 9.61. The zero-order valence-corrected chi connectivity index (χ0v) is 12.4. The molecule has 2 heteroatoms. The van der Waals surface area contributed by atoms with E-state index in [1.807, 2.05) is 13.0 Å². The summed E-state index contributed by atoms with van der Waals surface area (Å²) in [7, 11) is 0. The number of benzene rings is 2. The Morgan fingerprint density at radius 3 is 2.40 bits per heavy atom. The van der Waals surface area contributed by atoms with Gasteiger partial charge in [-0.2, -0.15) is 0 Å². The minimum absolute atomic E-state index is 0.0557. The average Bonchev–Trinajstić information content (AvgIpc) is 2.48. The van der Waals surface area contributed by atoms with Crippen LogP contribution in [0.2, 0.25) is 0 Å². The molecule has 2 N–H and O–H groups in total. The highest BCUT2D eigenvalue weighted by molar-refractivity contribution is 5.39. The van der Waals surface area contributed by atoms with E-state index >= 15 is 0 Å². The zero-order valence-electron chi connectivity index (χ0n) is 12.4. The minimum atomic E-state index is 0.0557. The maximum Gasteiger partial charge on any atom is 0.0582 e. The van der Waals surface area contributed by atoms with E-state index in [0.29, 0.717) is 0 Å². The van der Waals surface area contributed by atoms with Crippen molar-refractivity contribution in [1.29, 1.82) is 0 Å². The molecule has 2 unspecified atom stereocenters. The molecule has 106 valence electrons. The van der Waals surface area contributed by atoms with Crippen molar-refractivity contribution in [2.75, 3.05) is 6.61 Å². The third kappa shape index (κ3) is 3.47. The van der Waals surface area contributed by atoms with Crippen molar-refractivity contribution >= 4 is 0 Å². The van der Waals surface area contributed by atoms with Crippen LogP contribution in [0.25, 0.3) is 0 Å². The van der Waals surface area contributed by atoms with Gasteiger partial charge in [0.25, 0.3) is 0 Å². The Morgan fingerprint density at radius 2 is 1.75 bits per heavy atom. The summed E-state index contributed by atoms with van der Waals surface area (Å²) in [5.41, 5.74) is 5.02. The Hall–Kier alpha value is -1.64. The van der Waals surface area contributed by atoms with Crippen molar-refractivity contribution in [3.63, 3.8) is 0 Å². The average molecular weight is 269 g/mol. The molecule has 0 heterocycles. The molecule has 2 aromatic rings. The molecule has 0 bridgehead atoms. The third-order valence-electron chi connectivity index (χ3n) is 3.60. The summed E-state index contributed by atoms with van der Waals surface area (Å²) in [6.45, 7) is 6.38. The van der Waals surface area contributed by atoms with E-state index < -0.39 is 0 Å². The Morgan fingerprint density at radius 1 is 1.05 bits per heavy atom. The molecule has 0 amide bonds. The number of aryl methyl sites for hydroxylation is 2. The molecule has 20 heavy (non-hydrogen) atoms. The van der Waals surface area contributed by atoms with Gasteiger partial charge in [0.05, 0.1) is 12.6 Å². The molecule has 2 rings (SSSR count). The maximum atomic E-state index is 9.34. The van der Waals surface area contributed by atoms with Gasteiger partial charge in [-0.05, 0) is 37.5 Å². The lowest BCUT2D eigenvalue weighted by Gasteiger charge is -2.25. The molecular weight excluding hydrogens is 246 g/mol. The van der Waals surface area contributed by atoms with E-state index in [9.17, 15) is 5.11 Å². The standard InChI is InChI=1S/C18H23NO/c1-13-9-10-14(2)17(11-13)18(19-15(3)12-20)16-7-5-4-6-8-16/h4-11,15,18-20H,12H2,1-3H3. The van der Waals surface area contributed by atoms with Crippen molar-refractivity contribution in [1.82, 2.24) is 5.32 Å². The minimum Gasteiger partial charge on any atom is -0.395 e. The topological polar surface area (TPSA) is 32.3 Å². The van der Waals surface area contributed by atoms with Crippen LogP contribution in [0.5, 0.6) is 0 Å². The normalized spacial score (nSPS) is 14.0. The van der Waals surface area contributed by atoms with Gasteiger partial charge in [0, 0.05) is 6.04 Å². The molecule has 0 spiro atoms. The van der Waals surface area contributed by atoms with E-state index in [4.69, 9.17) is 0 Å². The molecule has 2 atom stereocenters. The highest BCUT2D eigenvalue weighted by Crippen LogP contribution is 2.26. The van der Waals surface area contributed by atoms with Gasteiger partial charge in [-0.3, -0.25) is 0 Å². The second-order valence-corrected chi connectivity index (χ2v) is 5.45. The highest BCUT2D eigenvalue weighted by atomic mass is 16.3. The van der Waals surface area contributed by atoms with Crippen molar-refractivity contribution in [2.45, 2.75) is 32.9 Å². The van der Waals surface area contributed by atoms with Gasteiger partial charge in [-0.15, -0.1) is 0 Å². The molecule has 2 aromatic carbocycles. The molecule has 0 saturated carbocycles. The number of hydrogen-bond acceptors (Lipinski definition) is 2. The molecule has 2 nitrogen and oxygen atoms in total. The van der Waals surface area contributed by atoms with Crippen molar-refractivity contribution < 1.29 is 5.11 Å². The summed E-state index contributed by atoms with van der Waals surface area (Å²) >= 11 is 0. The van der Waals surface area contributed by atoms with Crippen LogP contribution >= 0.6 is 0 Å². The predicted molar refractivity (Wildman–Crippen MR) is 83.9 cm³/mol. The van der Waals surface area contributed by atoms with Gasteiger partial charge in [0.2, 0.25) is 0 Å². The Kier molecular flexibility index (Phi) is 4.94. The van der Waals surface area contributed by atoms with Crippen LogP contribution in [-0.4, -0.2) is 17.8 Å². The van der Waals surface area contributed by atoms with Gasteiger partial charge in [0.15, 0.2) is 0 Å². The van der Waals surface area contributed by atoms with E-state index in [1.165, 1.54) is 22.3 Å². The third-order valence-corrected chi connectivity index (χ3v) is 3.60. The number of rotatable bonds is 5. The lowest BCUT2D eigenvalue weighted by molar-refractivity contribution is 0.245. The Bertz CT molecular complexity index is 551. The number of hydrogen-bond donors (Lipinski definition) is 2.